The number of carbonyl (C=O) groups excluding carboxylic acids is 1. The van der Waals surface area contributed by atoms with Crippen molar-refractivity contribution in [2.45, 2.75) is 13.3 Å². The summed E-state index contributed by atoms with van der Waals surface area (Å²) in [5.41, 5.74) is 2.36. The number of Topliss-reactive ketones (excluding diaryl/α,β-unsaturated/α-hetero) is 1. The molecule has 0 bridgehead atoms. The smallest absolute Gasteiger partial charge is 0.147 e. The minimum absolute atomic E-state index is 0.307. The van der Waals surface area contributed by atoms with Gasteiger partial charge in [0.2, 0.25) is 0 Å². The molecule has 0 aromatic heterocycles. The normalized spacial score (nSPS) is 10.0. The lowest BCUT2D eigenvalue weighted by atomic mass is 10.0. The van der Waals surface area contributed by atoms with E-state index in [2.05, 4.69) is 0 Å². The van der Waals surface area contributed by atoms with Crippen molar-refractivity contribution in [3.8, 4) is 0 Å². The Bertz CT molecular complexity index is 294. The minimum atomic E-state index is 0.307. The summed E-state index contributed by atoms with van der Waals surface area (Å²) in [5, 5.41) is 0. The molecule has 0 aliphatic rings. The molecule has 0 heterocycles. The van der Waals surface area contributed by atoms with Crippen molar-refractivity contribution in [3.63, 3.8) is 0 Å². The van der Waals surface area contributed by atoms with Crippen molar-refractivity contribution in [1.82, 2.24) is 0 Å². The van der Waals surface area contributed by atoms with Crippen LogP contribution in [0.3, 0.4) is 0 Å². The van der Waals surface area contributed by atoms with E-state index in [4.69, 9.17) is 0 Å². The first-order valence-electron chi connectivity index (χ1n) is 4.29. The summed E-state index contributed by atoms with van der Waals surface area (Å²) in [7, 11) is 0. The van der Waals surface area contributed by atoms with Gasteiger partial charge in [-0.15, -0.1) is 0 Å². The summed E-state index contributed by atoms with van der Waals surface area (Å²) in [6, 6.07) is 8.04. The van der Waals surface area contributed by atoms with Gasteiger partial charge in [0.05, 0.1) is 5.75 Å². The average molecular weight is 194 g/mol. The first kappa shape index (κ1) is 10.3. The van der Waals surface area contributed by atoms with Gasteiger partial charge in [-0.2, -0.15) is 11.8 Å². The van der Waals surface area contributed by atoms with Gasteiger partial charge < -0.3 is 0 Å². The van der Waals surface area contributed by atoms with E-state index in [0.717, 1.165) is 5.56 Å². The third-order valence-corrected chi connectivity index (χ3v) is 2.56. The zero-order valence-electron chi connectivity index (χ0n) is 8.04. The maximum absolute atomic E-state index is 11.3. The van der Waals surface area contributed by atoms with Crippen LogP contribution in [0.2, 0.25) is 0 Å². The standard InChI is InChI=1S/C11H14OS/c1-9-5-3-4-6-10(9)7-11(12)8-13-2/h3-6H,7-8H2,1-2H3. The first-order chi connectivity index (χ1) is 6.24. The number of hydrogen-bond donors (Lipinski definition) is 0. The molecule has 0 fully saturated rings. The summed E-state index contributed by atoms with van der Waals surface area (Å²) in [6.07, 6.45) is 2.53. The van der Waals surface area contributed by atoms with E-state index < -0.39 is 0 Å². The van der Waals surface area contributed by atoms with Crippen LogP contribution in [-0.2, 0) is 11.2 Å². The molecule has 0 aliphatic heterocycles. The fraction of sp³-hybridized carbons (Fsp3) is 0.364. The van der Waals surface area contributed by atoms with Gasteiger partial charge in [-0.05, 0) is 24.3 Å². The van der Waals surface area contributed by atoms with E-state index in [1.54, 1.807) is 11.8 Å². The molecule has 0 N–H and O–H groups in total. The Balaban J connectivity index is 2.63. The van der Waals surface area contributed by atoms with Crippen molar-refractivity contribution in [2.24, 2.45) is 0 Å². The Morgan fingerprint density at radius 3 is 2.69 bits per heavy atom. The van der Waals surface area contributed by atoms with E-state index >= 15 is 0 Å². The van der Waals surface area contributed by atoms with Gasteiger partial charge in [0, 0.05) is 6.42 Å². The second-order valence-electron chi connectivity index (χ2n) is 3.07. The predicted octanol–water partition coefficient (Wildman–Crippen LogP) is 2.47. The highest BCUT2D eigenvalue weighted by Crippen LogP contribution is 2.09. The predicted molar refractivity (Wildman–Crippen MR) is 58.3 cm³/mol. The van der Waals surface area contributed by atoms with E-state index in [0.29, 0.717) is 18.0 Å². The second-order valence-corrected chi connectivity index (χ2v) is 3.94. The minimum Gasteiger partial charge on any atom is -0.298 e. The van der Waals surface area contributed by atoms with Crippen LogP contribution in [0.1, 0.15) is 11.1 Å². The van der Waals surface area contributed by atoms with Gasteiger partial charge in [0.25, 0.3) is 0 Å². The maximum atomic E-state index is 11.3. The number of carbonyl (C=O) groups is 1. The SMILES string of the molecule is CSCC(=O)Cc1ccccc1C. The monoisotopic (exact) mass is 194 g/mol. The molecule has 0 atom stereocenters. The van der Waals surface area contributed by atoms with Gasteiger partial charge in [-0.25, -0.2) is 0 Å². The van der Waals surface area contributed by atoms with Gasteiger partial charge in [0.15, 0.2) is 0 Å². The number of thioether (sulfide) groups is 1. The van der Waals surface area contributed by atoms with Crippen molar-refractivity contribution >= 4 is 17.5 Å². The molecule has 0 amide bonds. The summed E-state index contributed by atoms with van der Waals surface area (Å²) >= 11 is 1.59. The van der Waals surface area contributed by atoms with Crippen LogP contribution >= 0.6 is 11.8 Å². The Kier molecular flexibility index (Phi) is 4.03. The summed E-state index contributed by atoms with van der Waals surface area (Å²) in [6.45, 7) is 2.04. The number of rotatable bonds is 4. The Hall–Kier alpha value is -0.760. The third kappa shape index (κ3) is 3.23. The van der Waals surface area contributed by atoms with Crippen LogP contribution in [0.5, 0.6) is 0 Å². The van der Waals surface area contributed by atoms with Crippen molar-refractivity contribution in [1.29, 1.82) is 0 Å². The fourth-order valence-corrected chi connectivity index (χ4v) is 1.66. The van der Waals surface area contributed by atoms with Crippen LogP contribution in [0.25, 0.3) is 0 Å². The molecule has 1 aromatic carbocycles. The van der Waals surface area contributed by atoms with Crippen LogP contribution in [0, 0.1) is 6.92 Å². The topological polar surface area (TPSA) is 17.1 Å². The molecule has 2 heteroatoms. The summed E-state index contributed by atoms with van der Waals surface area (Å²) in [4.78, 5) is 11.3. The van der Waals surface area contributed by atoms with E-state index in [9.17, 15) is 4.79 Å². The molecule has 13 heavy (non-hydrogen) atoms. The number of hydrogen-bond acceptors (Lipinski definition) is 2. The molecule has 1 aromatic rings. The Morgan fingerprint density at radius 2 is 2.08 bits per heavy atom. The Labute approximate surface area is 83.5 Å². The average Bonchev–Trinajstić information content (AvgIpc) is 2.09. The lowest BCUT2D eigenvalue weighted by Gasteiger charge is -2.03. The number of ketones is 1. The van der Waals surface area contributed by atoms with Crippen molar-refractivity contribution < 1.29 is 4.79 Å². The zero-order valence-corrected chi connectivity index (χ0v) is 8.86. The fourth-order valence-electron chi connectivity index (χ4n) is 1.23. The van der Waals surface area contributed by atoms with Crippen molar-refractivity contribution in [3.05, 3.63) is 35.4 Å². The molecule has 0 saturated heterocycles. The quantitative estimate of drug-likeness (QED) is 0.732. The van der Waals surface area contributed by atoms with Crippen LogP contribution in [0.15, 0.2) is 24.3 Å². The van der Waals surface area contributed by atoms with Gasteiger partial charge >= 0.3 is 0 Å². The van der Waals surface area contributed by atoms with E-state index in [1.165, 1.54) is 5.56 Å². The van der Waals surface area contributed by atoms with Crippen LogP contribution in [-0.4, -0.2) is 17.8 Å². The molecule has 1 rings (SSSR count). The van der Waals surface area contributed by atoms with Gasteiger partial charge in [0.1, 0.15) is 5.78 Å². The molecule has 0 spiro atoms. The third-order valence-electron chi connectivity index (χ3n) is 1.95. The number of aryl methyl sites for hydroxylation is 1. The molecular weight excluding hydrogens is 180 g/mol. The molecule has 0 aliphatic carbocycles. The van der Waals surface area contributed by atoms with E-state index in [-0.39, 0.29) is 0 Å². The number of benzene rings is 1. The molecule has 70 valence electrons. The first-order valence-corrected chi connectivity index (χ1v) is 5.68. The molecule has 0 saturated carbocycles. The largest absolute Gasteiger partial charge is 0.298 e. The lowest BCUT2D eigenvalue weighted by molar-refractivity contribution is -0.116. The van der Waals surface area contributed by atoms with Gasteiger partial charge in [-0.1, -0.05) is 24.3 Å². The van der Waals surface area contributed by atoms with Crippen LogP contribution in [0.4, 0.5) is 0 Å². The maximum Gasteiger partial charge on any atom is 0.147 e. The van der Waals surface area contributed by atoms with E-state index in [1.807, 2.05) is 37.4 Å². The molecule has 0 unspecified atom stereocenters. The van der Waals surface area contributed by atoms with Crippen molar-refractivity contribution in [2.75, 3.05) is 12.0 Å². The lowest BCUT2D eigenvalue weighted by Crippen LogP contribution is -2.06. The summed E-state index contributed by atoms with van der Waals surface area (Å²) in [5.74, 6) is 0.927. The highest BCUT2D eigenvalue weighted by molar-refractivity contribution is 7.99. The highest BCUT2D eigenvalue weighted by Gasteiger charge is 2.03. The molecule has 0 radical (unpaired) electrons. The second kappa shape index (κ2) is 5.07. The van der Waals surface area contributed by atoms with Crippen LogP contribution < -0.4 is 0 Å². The molecular formula is C11H14OS. The highest BCUT2D eigenvalue weighted by atomic mass is 32.2. The zero-order chi connectivity index (χ0) is 9.68. The molecule has 1 nitrogen and oxygen atoms in total. The van der Waals surface area contributed by atoms with Gasteiger partial charge in [-0.3, -0.25) is 4.79 Å². The summed E-state index contributed by atoms with van der Waals surface area (Å²) < 4.78 is 0. The Morgan fingerprint density at radius 1 is 1.38 bits per heavy atom.